The number of hydrogen-bond acceptors (Lipinski definition) is 2. The zero-order valence-electron chi connectivity index (χ0n) is 9.88. The van der Waals surface area contributed by atoms with E-state index >= 15 is 0 Å². The minimum absolute atomic E-state index is 0.00552. The van der Waals surface area contributed by atoms with Gasteiger partial charge >= 0.3 is 0 Å². The van der Waals surface area contributed by atoms with Crippen LogP contribution in [0.25, 0.3) is 0 Å². The van der Waals surface area contributed by atoms with Crippen molar-refractivity contribution < 1.29 is 22.4 Å². The molecule has 0 spiro atoms. The molecule has 0 bridgehead atoms. The molecule has 0 fully saturated rings. The molecular weight excluding hydrogens is 276 g/mol. The largest absolute Gasteiger partial charge is 0.396 e. The molecule has 20 heavy (non-hydrogen) atoms. The van der Waals surface area contributed by atoms with E-state index in [1.807, 2.05) is 0 Å². The minimum Gasteiger partial charge on any atom is -0.396 e. The fraction of sp³-hybridized carbons (Fsp3) is 0. The zero-order chi connectivity index (χ0) is 14.9. The third-order valence-corrected chi connectivity index (χ3v) is 2.50. The first kappa shape index (κ1) is 13.9. The fourth-order valence-corrected chi connectivity index (χ4v) is 1.52. The fourth-order valence-electron chi connectivity index (χ4n) is 1.52. The summed E-state index contributed by atoms with van der Waals surface area (Å²) in [6.07, 6.45) is 0. The van der Waals surface area contributed by atoms with Crippen LogP contribution in [-0.2, 0) is 0 Å². The first-order valence-electron chi connectivity index (χ1n) is 5.39. The summed E-state index contributed by atoms with van der Waals surface area (Å²) in [6.45, 7) is 0. The molecule has 0 aliphatic rings. The van der Waals surface area contributed by atoms with Gasteiger partial charge in [0.25, 0.3) is 5.91 Å². The normalized spacial score (nSPS) is 10.4. The molecule has 0 aliphatic heterocycles. The Balaban J connectivity index is 2.25. The van der Waals surface area contributed by atoms with Gasteiger partial charge in [-0.3, -0.25) is 4.79 Å². The van der Waals surface area contributed by atoms with Gasteiger partial charge in [0.15, 0.2) is 17.5 Å². The van der Waals surface area contributed by atoms with Crippen molar-refractivity contribution in [2.24, 2.45) is 0 Å². The lowest BCUT2D eigenvalue weighted by Crippen LogP contribution is -2.13. The van der Waals surface area contributed by atoms with Gasteiger partial charge in [0.1, 0.15) is 5.82 Å². The predicted molar refractivity (Wildman–Crippen MR) is 65.1 cm³/mol. The molecule has 0 atom stereocenters. The molecule has 7 heteroatoms. The molecule has 0 aliphatic carbocycles. The molecule has 104 valence electrons. The minimum atomic E-state index is -1.63. The quantitative estimate of drug-likeness (QED) is 0.506. The van der Waals surface area contributed by atoms with Crippen molar-refractivity contribution in [2.75, 3.05) is 11.1 Å². The summed E-state index contributed by atoms with van der Waals surface area (Å²) in [7, 11) is 0. The summed E-state index contributed by atoms with van der Waals surface area (Å²) in [5, 5.41) is 2.15. The summed E-state index contributed by atoms with van der Waals surface area (Å²) in [5.74, 6) is -5.95. The van der Waals surface area contributed by atoms with Gasteiger partial charge in [-0.15, -0.1) is 0 Å². The Labute approximate surface area is 111 Å². The van der Waals surface area contributed by atoms with Crippen LogP contribution in [0.3, 0.4) is 0 Å². The van der Waals surface area contributed by atoms with Crippen molar-refractivity contribution in [3.05, 3.63) is 59.2 Å². The predicted octanol–water partition coefficient (Wildman–Crippen LogP) is 3.08. The standard InChI is InChI=1S/C13H8F4N2O/c14-8-2-1-6(3-11(8)18)13(20)19-7-4-9(15)12(17)10(16)5-7/h1-5H,18H2,(H,19,20). The number of nitrogens with two attached hydrogens (primary N) is 1. The molecular formula is C13H8F4N2O. The third kappa shape index (κ3) is 2.71. The van der Waals surface area contributed by atoms with E-state index in [1.165, 1.54) is 0 Å². The third-order valence-electron chi connectivity index (χ3n) is 2.50. The van der Waals surface area contributed by atoms with E-state index in [4.69, 9.17) is 5.73 Å². The highest BCUT2D eigenvalue weighted by molar-refractivity contribution is 6.04. The number of carbonyl (C=O) groups is 1. The van der Waals surface area contributed by atoms with Crippen LogP contribution in [0.4, 0.5) is 28.9 Å². The maximum Gasteiger partial charge on any atom is 0.255 e. The average molecular weight is 284 g/mol. The molecule has 0 saturated heterocycles. The summed E-state index contributed by atoms with van der Waals surface area (Å²) in [5.41, 5.74) is 4.78. The van der Waals surface area contributed by atoms with Crippen molar-refractivity contribution in [3.63, 3.8) is 0 Å². The second kappa shape index (κ2) is 5.20. The van der Waals surface area contributed by atoms with E-state index in [0.717, 1.165) is 18.2 Å². The summed E-state index contributed by atoms with van der Waals surface area (Å²) in [6, 6.07) is 4.46. The number of carbonyl (C=O) groups excluding carboxylic acids is 1. The highest BCUT2D eigenvalue weighted by Crippen LogP contribution is 2.19. The Morgan fingerprint density at radius 1 is 0.950 bits per heavy atom. The van der Waals surface area contributed by atoms with Crippen molar-refractivity contribution >= 4 is 17.3 Å². The summed E-state index contributed by atoms with van der Waals surface area (Å²) >= 11 is 0. The molecule has 1 amide bonds. The van der Waals surface area contributed by atoms with E-state index in [0.29, 0.717) is 12.1 Å². The van der Waals surface area contributed by atoms with Crippen LogP contribution < -0.4 is 11.1 Å². The lowest BCUT2D eigenvalue weighted by molar-refractivity contribution is 0.102. The molecule has 0 radical (unpaired) electrons. The molecule has 0 saturated carbocycles. The van der Waals surface area contributed by atoms with Gasteiger partial charge in [0.05, 0.1) is 5.69 Å². The van der Waals surface area contributed by atoms with Gasteiger partial charge in [-0.05, 0) is 18.2 Å². The number of benzene rings is 2. The first-order chi connectivity index (χ1) is 9.38. The SMILES string of the molecule is Nc1cc(C(=O)Nc2cc(F)c(F)c(F)c2)ccc1F. The van der Waals surface area contributed by atoms with Crippen LogP contribution in [-0.4, -0.2) is 5.91 Å². The number of halogens is 4. The van der Waals surface area contributed by atoms with Crippen LogP contribution in [0.15, 0.2) is 30.3 Å². The maximum absolute atomic E-state index is 13.0. The van der Waals surface area contributed by atoms with Crippen LogP contribution >= 0.6 is 0 Å². The van der Waals surface area contributed by atoms with Crippen LogP contribution in [0, 0.1) is 23.3 Å². The van der Waals surface area contributed by atoms with Gasteiger partial charge in [0.2, 0.25) is 0 Å². The van der Waals surface area contributed by atoms with Crippen LogP contribution in [0.5, 0.6) is 0 Å². The number of amides is 1. The highest BCUT2D eigenvalue weighted by atomic mass is 19.2. The van der Waals surface area contributed by atoms with Gasteiger partial charge in [-0.2, -0.15) is 0 Å². The van der Waals surface area contributed by atoms with E-state index < -0.39 is 29.2 Å². The summed E-state index contributed by atoms with van der Waals surface area (Å²) in [4.78, 5) is 11.8. The van der Waals surface area contributed by atoms with Gasteiger partial charge < -0.3 is 11.1 Å². The van der Waals surface area contributed by atoms with Crippen molar-refractivity contribution in [1.82, 2.24) is 0 Å². The van der Waals surface area contributed by atoms with Crippen LogP contribution in [0.1, 0.15) is 10.4 Å². The van der Waals surface area contributed by atoms with E-state index in [2.05, 4.69) is 5.32 Å². The van der Waals surface area contributed by atoms with Gasteiger partial charge in [-0.25, -0.2) is 17.6 Å². The second-order valence-corrected chi connectivity index (χ2v) is 3.94. The average Bonchev–Trinajstić information content (AvgIpc) is 2.39. The molecule has 2 rings (SSSR count). The monoisotopic (exact) mass is 284 g/mol. The number of anilines is 2. The molecule has 0 unspecified atom stereocenters. The summed E-state index contributed by atoms with van der Waals surface area (Å²) < 4.78 is 51.6. The Kier molecular flexibility index (Phi) is 3.60. The van der Waals surface area contributed by atoms with E-state index in [9.17, 15) is 22.4 Å². The van der Waals surface area contributed by atoms with Gasteiger partial charge in [0, 0.05) is 23.4 Å². The Hall–Kier alpha value is -2.57. The molecule has 2 aromatic rings. The highest BCUT2D eigenvalue weighted by Gasteiger charge is 2.13. The smallest absolute Gasteiger partial charge is 0.255 e. The molecule has 0 heterocycles. The Morgan fingerprint density at radius 3 is 2.10 bits per heavy atom. The number of rotatable bonds is 2. The topological polar surface area (TPSA) is 55.1 Å². The number of hydrogen-bond donors (Lipinski definition) is 2. The lowest BCUT2D eigenvalue weighted by Gasteiger charge is -2.07. The van der Waals surface area contributed by atoms with Crippen molar-refractivity contribution in [2.45, 2.75) is 0 Å². The number of nitrogens with one attached hydrogen (secondary N) is 1. The second-order valence-electron chi connectivity index (χ2n) is 3.94. The Morgan fingerprint density at radius 2 is 1.55 bits per heavy atom. The molecule has 2 aromatic carbocycles. The van der Waals surface area contributed by atoms with Crippen molar-refractivity contribution in [1.29, 1.82) is 0 Å². The van der Waals surface area contributed by atoms with E-state index in [1.54, 1.807) is 0 Å². The van der Waals surface area contributed by atoms with Crippen molar-refractivity contribution in [3.8, 4) is 0 Å². The maximum atomic E-state index is 13.0. The molecule has 0 aromatic heterocycles. The lowest BCUT2D eigenvalue weighted by atomic mass is 10.1. The van der Waals surface area contributed by atoms with E-state index in [-0.39, 0.29) is 16.9 Å². The first-order valence-corrected chi connectivity index (χ1v) is 5.39. The molecule has 3 N–H and O–H groups in total. The van der Waals surface area contributed by atoms with Crippen LogP contribution in [0.2, 0.25) is 0 Å². The Bertz CT molecular complexity index is 665. The number of nitrogen functional groups attached to an aromatic ring is 1. The van der Waals surface area contributed by atoms with Gasteiger partial charge in [-0.1, -0.05) is 0 Å². The zero-order valence-corrected chi connectivity index (χ0v) is 9.88. The molecule has 3 nitrogen and oxygen atoms in total.